The number of nitrogens with zero attached hydrogens (tertiary/aromatic N) is 3. The van der Waals surface area contributed by atoms with Gasteiger partial charge in [-0.2, -0.15) is 0 Å². The molecule has 0 amide bonds. The lowest BCUT2D eigenvalue weighted by Gasteiger charge is -2.27. The summed E-state index contributed by atoms with van der Waals surface area (Å²) in [6.45, 7) is 7.39. The van der Waals surface area contributed by atoms with Crippen molar-refractivity contribution in [2.45, 2.75) is 26.3 Å². The topological polar surface area (TPSA) is 19.4 Å². The van der Waals surface area contributed by atoms with E-state index in [9.17, 15) is 4.39 Å². The molecule has 0 bridgehead atoms. The van der Waals surface area contributed by atoms with E-state index in [1.807, 2.05) is 6.07 Å². The number of likely N-dealkylation sites (tertiary alicyclic amines) is 1. The second-order valence-corrected chi connectivity index (χ2v) is 7.55. The van der Waals surface area contributed by atoms with Crippen molar-refractivity contribution in [3.63, 3.8) is 0 Å². The van der Waals surface area contributed by atoms with Gasteiger partial charge in [0.05, 0.1) is 0 Å². The Bertz CT molecular complexity index is 775. The Morgan fingerprint density at radius 3 is 2.76 bits per heavy atom. The van der Waals surface area contributed by atoms with Gasteiger partial charge in [-0.05, 0) is 55.6 Å². The zero-order valence-electron chi connectivity index (χ0n) is 15.2. The molecule has 0 saturated carbocycles. The molecule has 1 aromatic heterocycles. The lowest BCUT2D eigenvalue weighted by Crippen LogP contribution is -2.29. The molecular weight excluding hydrogens is 313 g/mol. The monoisotopic (exact) mass is 339 g/mol. The van der Waals surface area contributed by atoms with Crippen LogP contribution in [0.2, 0.25) is 0 Å². The molecule has 3 nitrogen and oxygen atoms in total. The smallest absolute Gasteiger partial charge is 0.128 e. The van der Waals surface area contributed by atoms with E-state index in [1.54, 1.807) is 6.07 Å². The summed E-state index contributed by atoms with van der Waals surface area (Å²) in [4.78, 5) is 9.70. The fraction of sp³-hybridized carbons (Fsp3) is 0.476. The first-order chi connectivity index (χ1) is 12.1. The number of aromatic nitrogens is 1. The summed E-state index contributed by atoms with van der Waals surface area (Å²) in [5.41, 5.74) is 3.55. The van der Waals surface area contributed by atoms with Crippen LogP contribution < -0.4 is 4.90 Å². The highest BCUT2D eigenvalue weighted by atomic mass is 19.1. The molecule has 4 rings (SSSR count). The minimum atomic E-state index is -0.142. The van der Waals surface area contributed by atoms with Crippen LogP contribution in [0.15, 0.2) is 36.4 Å². The quantitative estimate of drug-likeness (QED) is 0.847. The van der Waals surface area contributed by atoms with Crippen molar-refractivity contribution in [1.29, 1.82) is 0 Å². The van der Waals surface area contributed by atoms with Gasteiger partial charge in [0.25, 0.3) is 0 Å². The molecule has 0 N–H and O–H groups in total. The summed E-state index contributed by atoms with van der Waals surface area (Å²) in [5.74, 6) is 2.10. The predicted molar refractivity (Wildman–Crippen MR) is 99.3 cm³/mol. The molecule has 2 aliphatic rings. The van der Waals surface area contributed by atoms with E-state index in [2.05, 4.69) is 48.9 Å². The Morgan fingerprint density at radius 2 is 2.00 bits per heavy atom. The average Bonchev–Trinajstić information content (AvgIpc) is 3.11. The standard InChI is InChI=1S/C21H26FN3/c1-4-19-14(2)8-9-20(23-19)25-12-16-11-24(3)21(18(16)13-25)15-6-5-7-17(22)10-15/h5-10,16,18,21H,4,11-13H2,1-3H3/t16-,18+,21-/m0/s1. The summed E-state index contributed by atoms with van der Waals surface area (Å²) in [7, 11) is 2.16. The van der Waals surface area contributed by atoms with Crippen molar-refractivity contribution in [3.05, 3.63) is 59.0 Å². The van der Waals surface area contributed by atoms with Gasteiger partial charge in [-0.3, -0.25) is 4.90 Å². The highest BCUT2D eigenvalue weighted by Gasteiger charge is 2.46. The van der Waals surface area contributed by atoms with Crippen LogP contribution in [0.3, 0.4) is 0 Å². The van der Waals surface area contributed by atoms with Crippen LogP contribution in [0.1, 0.15) is 29.8 Å². The molecule has 132 valence electrons. The average molecular weight is 339 g/mol. The molecule has 25 heavy (non-hydrogen) atoms. The summed E-state index contributed by atoms with van der Waals surface area (Å²) in [6, 6.07) is 11.7. The number of benzene rings is 1. The van der Waals surface area contributed by atoms with Gasteiger partial charge >= 0.3 is 0 Å². The van der Waals surface area contributed by atoms with Gasteiger partial charge in [0.2, 0.25) is 0 Å². The first kappa shape index (κ1) is 16.5. The number of rotatable bonds is 3. The largest absolute Gasteiger partial charge is 0.356 e. The van der Waals surface area contributed by atoms with Gasteiger partial charge in [-0.15, -0.1) is 0 Å². The maximum Gasteiger partial charge on any atom is 0.128 e. The molecule has 2 aliphatic heterocycles. The Labute approximate surface area is 149 Å². The normalized spacial score (nSPS) is 26.2. The van der Waals surface area contributed by atoms with Crippen LogP contribution in [0.4, 0.5) is 10.2 Å². The highest BCUT2D eigenvalue weighted by Crippen LogP contribution is 2.44. The van der Waals surface area contributed by atoms with Gasteiger partial charge in [0.1, 0.15) is 11.6 Å². The van der Waals surface area contributed by atoms with E-state index in [1.165, 1.54) is 17.3 Å². The lowest BCUT2D eigenvalue weighted by molar-refractivity contribution is 0.279. The Balaban J connectivity index is 1.59. The number of pyridine rings is 1. The fourth-order valence-electron chi connectivity index (χ4n) is 4.73. The number of anilines is 1. The Morgan fingerprint density at radius 1 is 1.16 bits per heavy atom. The number of hydrogen-bond acceptors (Lipinski definition) is 3. The minimum absolute atomic E-state index is 0.142. The second kappa shape index (κ2) is 6.41. The third-order valence-corrected chi connectivity index (χ3v) is 5.93. The zero-order valence-corrected chi connectivity index (χ0v) is 15.2. The van der Waals surface area contributed by atoms with Gasteiger partial charge in [0, 0.05) is 37.3 Å². The molecule has 0 spiro atoms. The van der Waals surface area contributed by atoms with Crippen molar-refractivity contribution >= 4 is 5.82 Å². The third kappa shape index (κ3) is 2.93. The van der Waals surface area contributed by atoms with Gasteiger partial charge < -0.3 is 4.90 Å². The van der Waals surface area contributed by atoms with E-state index in [0.717, 1.165) is 37.4 Å². The molecule has 2 fully saturated rings. The SMILES string of the molecule is CCc1nc(N2C[C@@H]3CN(C)[C@@H](c4cccc(F)c4)[C@@H]3C2)ccc1C. The number of fused-ring (bicyclic) bond motifs is 1. The molecule has 2 saturated heterocycles. The molecular formula is C21H26FN3. The Hall–Kier alpha value is -1.94. The van der Waals surface area contributed by atoms with Crippen molar-refractivity contribution in [2.75, 3.05) is 31.6 Å². The van der Waals surface area contributed by atoms with Crippen LogP contribution in [-0.2, 0) is 6.42 Å². The van der Waals surface area contributed by atoms with E-state index >= 15 is 0 Å². The van der Waals surface area contributed by atoms with Gasteiger partial charge in [-0.25, -0.2) is 9.37 Å². The van der Waals surface area contributed by atoms with Crippen LogP contribution in [0, 0.1) is 24.6 Å². The molecule has 1 aromatic carbocycles. The highest BCUT2D eigenvalue weighted by molar-refractivity contribution is 5.44. The van der Waals surface area contributed by atoms with Crippen LogP contribution in [0.5, 0.6) is 0 Å². The van der Waals surface area contributed by atoms with Crippen LogP contribution in [0.25, 0.3) is 0 Å². The minimum Gasteiger partial charge on any atom is -0.356 e. The lowest BCUT2D eigenvalue weighted by atomic mass is 9.89. The van der Waals surface area contributed by atoms with Crippen molar-refractivity contribution < 1.29 is 4.39 Å². The van der Waals surface area contributed by atoms with Gasteiger partial charge in [0.15, 0.2) is 0 Å². The van der Waals surface area contributed by atoms with E-state index in [0.29, 0.717) is 17.9 Å². The van der Waals surface area contributed by atoms with Crippen molar-refractivity contribution in [3.8, 4) is 0 Å². The first-order valence-electron chi connectivity index (χ1n) is 9.24. The summed E-state index contributed by atoms with van der Waals surface area (Å²) >= 11 is 0. The maximum absolute atomic E-state index is 13.7. The van der Waals surface area contributed by atoms with Crippen LogP contribution >= 0.6 is 0 Å². The number of hydrogen-bond donors (Lipinski definition) is 0. The fourth-order valence-corrected chi connectivity index (χ4v) is 4.73. The summed E-state index contributed by atoms with van der Waals surface area (Å²) in [6.07, 6.45) is 0.967. The Kier molecular flexibility index (Phi) is 4.24. The molecule has 4 heteroatoms. The molecule has 0 aliphatic carbocycles. The number of aryl methyl sites for hydroxylation is 2. The third-order valence-electron chi connectivity index (χ3n) is 5.93. The van der Waals surface area contributed by atoms with Crippen molar-refractivity contribution in [2.24, 2.45) is 11.8 Å². The molecule has 0 radical (unpaired) electrons. The summed E-state index contributed by atoms with van der Waals surface area (Å²) < 4.78 is 13.7. The van der Waals surface area contributed by atoms with Crippen molar-refractivity contribution in [1.82, 2.24) is 9.88 Å². The second-order valence-electron chi connectivity index (χ2n) is 7.55. The van der Waals surface area contributed by atoms with Crippen LogP contribution in [-0.4, -0.2) is 36.6 Å². The molecule has 2 aromatic rings. The van der Waals surface area contributed by atoms with E-state index < -0.39 is 0 Å². The summed E-state index contributed by atoms with van der Waals surface area (Å²) in [5, 5.41) is 0. The molecule has 3 heterocycles. The molecule has 3 atom stereocenters. The van der Waals surface area contributed by atoms with Gasteiger partial charge in [-0.1, -0.05) is 25.1 Å². The maximum atomic E-state index is 13.7. The number of halogens is 1. The molecule has 0 unspecified atom stereocenters. The van der Waals surface area contributed by atoms with E-state index in [-0.39, 0.29) is 5.82 Å². The first-order valence-corrected chi connectivity index (χ1v) is 9.24. The predicted octanol–water partition coefficient (Wildman–Crippen LogP) is 3.83. The van der Waals surface area contributed by atoms with E-state index in [4.69, 9.17) is 4.98 Å². The zero-order chi connectivity index (χ0) is 17.6.